The highest BCUT2D eigenvalue weighted by Crippen LogP contribution is 2.23. The van der Waals surface area contributed by atoms with Crippen molar-refractivity contribution in [1.82, 2.24) is 4.57 Å². The van der Waals surface area contributed by atoms with Crippen molar-refractivity contribution in [1.29, 1.82) is 0 Å². The van der Waals surface area contributed by atoms with Crippen LogP contribution in [-0.4, -0.2) is 10.5 Å². The molecule has 28 heavy (non-hydrogen) atoms. The van der Waals surface area contributed by atoms with Gasteiger partial charge < -0.3 is 9.88 Å². The van der Waals surface area contributed by atoms with Crippen molar-refractivity contribution in [3.63, 3.8) is 0 Å². The summed E-state index contributed by atoms with van der Waals surface area (Å²) in [6, 6.07) is 22.5. The summed E-state index contributed by atoms with van der Waals surface area (Å²) in [6.45, 7) is 0.0564. The molecular weight excluding hydrogens is 355 g/mol. The molecule has 5 heteroatoms. The van der Waals surface area contributed by atoms with Gasteiger partial charge in [-0.2, -0.15) is 0 Å². The van der Waals surface area contributed by atoms with Crippen LogP contribution in [0.5, 0.6) is 0 Å². The Morgan fingerprint density at radius 3 is 2.50 bits per heavy atom. The molecule has 138 valence electrons. The Morgan fingerprint density at radius 1 is 0.893 bits per heavy atom. The van der Waals surface area contributed by atoms with Gasteiger partial charge >= 0.3 is 0 Å². The van der Waals surface area contributed by atoms with E-state index in [1.807, 2.05) is 42.5 Å². The van der Waals surface area contributed by atoms with Crippen LogP contribution in [0.1, 0.15) is 15.9 Å². The number of nitrogens with one attached hydrogen (secondary N) is 1. The Morgan fingerprint density at radius 2 is 1.64 bits per heavy atom. The number of hydrogen-bond donors (Lipinski definition) is 1. The number of carbonyl (C=O) groups is 1. The number of rotatable bonds is 4. The van der Waals surface area contributed by atoms with Crippen molar-refractivity contribution in [2.24, 2.45) is 0 Å². The maximum atomic E-state index is 13.9. The second-order valence-electron chi connectivity index (χ2n) is 6.46. The molecule has 1 aromatic heterocycles. The number of amides is 1. The maximum Gasteiger partial charge on any atom is 0.257 e. The minimum Gasteiger partial charge on any atom is -0.321 e. The Labute approximate surface area is 160 Å². The third-order valence-corrected chi connectivity index (χ3v) is 4.58. The first-order valence-electron chi connectivity index (χ1n) is 8.85. The zero-order chi connectivity index (χ0) is 19.5. The first kappa shape index (κ1) is 17.7. The lowest BCUT2D eigenvalue weighted by Gasteiger charge is -2.11. The molecule has 0 saturated carbocycles. The van der Waals surface area contributed by atoms with Gasteiger partial charge in [0.2, 0.25) is 0 Å². The minimum atomic E-state index is -0.389. The van der Waals surface area contributed by atoms with Crippen molar-refractivity contribution in [3.8, 4) is 0 Å². The standard InChI is InChI=1S/C23H17FN2O2/c24-20-10-4-2-7-17(20)14-26-15-18(12-13-22(26)27)23(28)25-21-11-5-8-16-6-1-3-9-19(16)21/h1-13,15H,14H2,(H,25,28). The first-order chi connectivity index (χ1) is 13.6. The van der Waals surface area contributed by atoms with E-state index in [0.717, 1.165) is 10.8 Å². The number of nitrogens with zero attached hydrogens (tertiary/aromatic N) is 1. The van der Waals surface area contributed by atoms with E-state index >= 15 is 0 Å². The highest BCUT2D eigenvalue weighted by atomic mass is 19.1. The van der Waals surface area contributed by atoms with E-state index in [4.69, 9.17) is 0 Å². The second-order valence-corrected chi connectivity index (χ2v) is 6.46. The molecule has 1 amide bonds. The number of pyridine rings is 1. The van der Waals surface area contributed by atoms with Gasteiger partial charge in [-0.05, 0) is 23.6 Å². The highest BCUT2D eigenvalue weighted by molar-refractivity contribution is 6.08. The normalized spacial score (nSPS) is 10.8. The van der Waals surface area contributed by atoms with Crippen LogP contribution in [0, 0.1) is 5.82 Å². The van der Waals surface area contributed by atoms with E-state index in [0.29, 0.717) is 16.8 Å². The fraction of sp³-hybridized carbons (Fsp3) is 0.0435. The number of aromatic nitrogens is 1. The van der Waals surface area contributed by atoms with Gasteiger partial charge in [-0.25, -0.2) is 4.39 Å². The van der Waals surface area contributed by atoms with Crippen LogP contribution in [-0.2, 0) is 6.54 Å². The molecule has 4 aromatic rings. The monoisotopic (exact) mass is 372 g/mol. The molecule has 0 unspecified atom stereocenters. The van der Waals surface area contributed by atoms with E-state index in [-0.39, 0.29) is 23.8 Å². The third-order valence-electron chi connectivity index (χ3n) is 4.58. The summed E-state index contributed by atoms with van der Waals surface area (Å²) >= 11 is 0. The van der Waals surface area contributed by atoms with E-state index in [1.54, 1.807) is 18.2 Å². The quantitative estimate of drug-likeness (QED) is 0.576. The molecule has 4 rings (SSSR count). The fourth-order valence-corrected chi connectivity index (χ4v) is 3.13. The van der Waals surface area contributed by atoms with Gasteiger partial charge in [-0.15, -0.1) is 0 Å². The molecule has 0 spiro atoms. The molecule has 0 aliphatic carbocycles. The van der Waals surface area contributed by atoms with E-state index in [2.05, 4.69) is 5.32 Å². The Kier molecular flexibility index (Phi) is 4.72. The molecule has 0 aliphatic heterocycles. The Hall–Kier alpha value is -3.73. The number of benzene rings is 3. The molecule has 3 aromatic carbocycles. The first-order valence-corrected chi connectivity index (χ1v) is 8.85. The van der Waals surface area contributed by atoms with Crippen LogP contribution in [0.2, 0.25) is 0 Å². The number of anilines is 1. The maximum absolute atomic E-state index is 13.9. The van der Waals surface area contributed by atoms with Gasteiger partial charge in [0.1, 0.15) is 5.82 Å². The van der Waals surface area contributed by atoms with Crippen molar-refractivity contribution < 1.29 is 9.18 Å². The number of halogens is 1. The van der Waals surface area contributed by atoms with Gasteiger partial charge in [-0.1, -0.05) is 54.6 Å². The molecule has 0 saturated heterocycles. The molecule has 0 atom stereocenters. The lowest BCUT2D eigenvalue weighted by atomic mass is 10.1. The van der Waals surface area contributed by atoms with E-state index in [1.165, 1.54) is 29.0 Å². The fourth-order valence-electron chi connectivity index (χ4n) is 3.13. The summed E-state index contributed by atoms with van der Waals surface area (Å²) in [5, 5.41) is 4.84. The Bertz CT molecular complexity index is 1230. The van der Waals surface area contributed by atoms with Crippen molar-refractivity contribution >= 4 is 22.4 Å². The summed E-state index contributed by atoms with van der Waals surface area (Å²) in [7, 11) is 0. The van der Waals surface area contributed by atoms with Gasteiger partial charge in [0.05, 0.1) is 12.1 Å². The highest BCUT2D eigenvalue weighted by Gasteiger charge is 2.11. The zero-order valence-electron chi connectivity index (χ0n) is 14.9. The summed E-state index contributed by atoms with van der Waals surface area (Å²) < 4.78 is 15.2. The molecule has 0 aliphatic rings. The number of hydrogen-bond acceptors (Lipinski definition) is 2. The van der Waals surface area contributed by atoms with Gasteiger partial charge in [0.15, 0.2) is 0 Å². The van der Waals surface area contributed by atoms with Crippen LogP contribution in [0.3, 0.4) is 0 Å². The number of carbonyl (C=O) groups excluding carboxylic acids is 1. The van der Waals surface area contributed by atoms with E-state index in [9.17, 15) is 14.0 Å². The Balaban J connectivity index is 1.63. The molecule has 0 fully saturated rings. The van der Waals surface area contributed by atoms with Crippen molar-refractivity contribution in [2.75, 3.05) is 5.32 Å². The zero-order valence-corrected chi connectivity index (χ0v) is 14.9. The van der Waals surface area contributed by atoms with Crippen LogP contribution >= 0.6 is 0 Å². The second kappa shape index (κ2) is 7.48. The average molecular weight is 372 g/mol. The topological polar surface area (TPSA) is 51.1 Å². The lowest BCUT2D eigenvalue weighted by Crippen LogP contribution is -2.23. The third kappa shape index (κ3) is 3.55. The largest absolute Gasteiger partial charge is 0.321 e. The van der Waals surface area contributed by atoms with Gasteiger partial charge in [0, 0.05) is 28.9 Å². The SMILES string of the molecule is O=C(Nc1cccc2ccccc12)c1ccc(=O)n(Cc2ccccc2F)c1. The number of fused-ring (bicyclic) bond motifs is 1. The van der Waals surface area contributed by atoms with Gasteiger partial charge in [-0.3, -0.25) is 9.59 Å². The smallest absolute Gasteiger partial charge is 0.257 e. The lowest BCUT2D eigenvalue weighted by molar-refractivity contribution is 0.102. The van der Waals surface area contributed by atoms with Crippen LogP contribution in [0.4, 0.5) is 10.1 Å². The molecular formula is C23H17FN2O2. The average Bonchev–Trinajstić information content (AvgIpc) is 2.71. The molecule has 0 radical (unpaired) electrons. The summed E-state index contributed by atoms with van der Waals surface area (Å²) in [5.41, 5.74) is 1.10. The molecule has 1 heterocycles. The van der Waals surface area contributed by atoms with Crippen molar-refractivity contribution in [2.45, 2.75) is 6.54 Å². The predicted octanol–water partition coefficient (Wildman–Crippen LogP) is 4.44. The van der Waals surface area contributed by atoms with Crippen LogP contribution in [0.15, 0.2) is 89.9 Å². The summed E-state index contributed by atoms with van der Waals surface area (Å²) in [6.07, 6.45) is 1.45. The van der Waals surface area contributed by atoms with Gasteiger partial charge in [0.25, 0.3) is 11.5 Å². The predicted molar refractivity (Wildman–Crippen MR) is 108 cm³/mol. The van der Waals surface area contributed by atoms with E-state index < -0.39 is 0 Å². The molecule has 4 nitrogen and oxygen atoms in total. The van der Waals surface area contributed by atoms with Crippen LogP contribution in [0.25, 0.3) is 10.8 Å². The molecule has 1 N–H and O–H groups in total. The minimum absolute atomic E-state index is 0.0564. The molecule has 0 bridgehead atoms. The van der Waals surface area contributed by atoms with Crippen molar-refractivity contribution in [3.05, 3.63) is 112 Å². The van der Waals surface area contributed by atoms with Crippen LogP contribution < -0.4 is 10.9 Å². The summed E-state index contributed by atoms with van der Waals surface area (Å²) in [4.78, 5) is 24.9. The summed E-state index contributed by atoms with van der Waals surface area (Å²) in [5.74, 6) is -0.723.